The zero-order chi connectivity index (χ0) is 17.4. The summed E-state index contributed by atoms with van der Waals surface area (Å²) < 4.78 is 10.4. The number of rotatable bonds is 9. The summed E-state index contributed by atoms with van der Waals surface area (Å²) in [5.74, 6) is 0.898. The van der Waals surface area contributed by atoms with E-state index in [2.05, 4.69) is 13.8 Å². The molecule has 0 fully saturated rings. The molecule has 0 aromatic heterocycles. The lowest BCUT2D eigenvalue weighted by Gasteiger charge is -2.37. The first-order valence-electron chi connectivity index (χ1n) is 8.66. The van der Waals surface area contributed by atoms with E-state index >= 15 is 0 Å². The van der Waals surface area contributed by atoms with E-state index in [1.807, 2.05) is 54.6 Å². The molecule has 2 aromatic rings. The minimum atomic E-state index is -0.994. The van der Waals surface area contributed by atoms with Gasteiger partial charge < -0.3 is 14.6 Å². The van der Waals surface area contributed by atoms with Gasteiger partial charge in [-0.15, -0.1) is 0 Å². The molecule has 0 aliphatic carbocycles. The molecule has 2 atom stereocenters. The molecule has 0 aliphatic rings. The summed E-state index contributed by atoms with van der Waals surface area (Å²) in [6.07, 6.45) is 2.94. The highest BCUT2D eigenvalue weighted by molar-refractivity contribution is 5.39. The molecular weight excluding hydrogens is 300 g/mol. The molecule has 2 aromatic carbocycles. The Balaban J connectivity index is 2.42. The zero-order valence-electron chi connectivity index (χ0n) is 14.9. The molecule has 3 heteroatoms. The first kappa shape index (κ1) is 18.5. The summed E-state index contributed by atoms with van der Waals surface area (Å²) in [7, 11) is 1.60. The summed E-state index contributed by atoms with van der Waals surface area (Å²) in [4.78, 5) is 0. The number of ether oxygens (including phenoxy) is 2. The first-order valence-corrected chi connectivity index (χ1v) is 8.66. The van der Waals surface area contributed by atoms with Crippen molar-refractivity contribution in [3.05, 3.63) is 65.7 Å². The predicted molar refractivity (Wildman–Crippen MR) is 97.1 cm³/mol. The van der Waals surface area contributed by atoms with Crippen LogP contribution in [0, 0.1) is 5.92 Å². The van der Waals surface area contributed by atoms with Crippen LogP contribution >= 0.6 is 0 Å². The van der Waals surface area contributed by atoms with Crippen LogP contribution in [0.1, 0.15) is 44.2 Å². The molecule has 3 nitrogen and oxygen atoms in total. The second-order valence-electron chi connectivity index (χ2n) is 6.10. The van der Waals surface area contributed by atoms with E-state index in [9.17, 15) is 5.11 Å². The molecular formula is C21H28O3. The molecule has 1 N–H and O–H groups in total. The molecule has 0 amide bonds. The molecule has 0 heterocycles. The maximum atomic E-state index is 11.7. The quantitative estimate of drug-likeness (QED) is 0.676. The maximum Gasteiger partial charge on any atom is 0.188 e. The number of hydrogen-bond donors (Lipinski definition) is 1. The average Bonchev–Trinajstić information content (AvgIpc) is 2.65. The van der Waals surface area contributed by atoms with Gasteiger partial charge in [0.25, 0.3) is 0 Å². The minimum Gasteiger partial charge on any atom is -0.468 e. The fourth-order valence-corrected chi connectivity index (χ4v) is 3.32. The molecule has 0 bridgehead atoms. The van der Waals surface area contributed by atoms with Crippen molar-refractivity contribution in [2.45, 2.75) is 38.7 Å². The van der Waals surface area contributed by atoms with Gasteiger partial charge in [0.05, 0.1) is 0 Å². The van der Waals surface area contributed by atoms with Crippen LogP contribution in [0.3, 0.4) is 0 Å². The standard InChI is InChI=1S/C21H28O3/c1-4-9-17(5-2)21(22,18-10-7-6-8-11-18)19-12-14-20(15-13-19)24-16-23-3/h6-8,10-15,17,22H,4-5,9,16H2,1-3H3/t17-,21-/m0/s1. The van der Waals surface area contributed by atoms with Crippen LogP contribution in [0.5, 0.6) is 5.75 Å². The third kappa shape index (κ3) is 3.97. The maximum absolute atomic E-state index is 11.7. The Bertz CT molecular complexity index is 594. The minimum absolute atomic E-state index is 0.163. The predicted octanol–water partition coefficient (Wildman–Crippen LogP) is 4.73. The van der Waals surface area contributed by atoms with Gasteiger partial charge in [-0.05, 0) is 42.0 Å². The number of aliphatic hydroxyl groups is 1. The number of benzene rings is 2. The van der Waals surface area contributed by atoms with E-state index in [1.165, 1.54) is 0 Å². The SMILES string of the molecule is CCC[C@H](CC)[C@](O)(c1ccccc1)c1ccc(OCOC)cc1. The third-order valence-corrected chi connectivity index (χ3v) is 4.57. The molecule has 0 radical (unpaired) electrons. The van der Waals surface area contributed by atoms with Crippen molar-refractivity contribution in [2.24, 2.45) is 5.92 Å². The lowest BCUT2D eigenvalue weighted by Crippen LogP contribution is -2.36. The van der Waals surface area contributed by atoms with Crippen LogP contribution in [-0.2, 0) is 10.3 Å². The summed E-state index contributed by atoms with van der Waals surface area (Å²) in [6, 6.07) is 17.6. The van der Waals surface area contributed by atoms with Gasteiger partial charge in [-0.2, -0.15) is 0 Å². The Morgan fingerprint density at radius 1 is 0.958 bits per heavy atom. The Morgan fingerprint density at radius 3 is 2.12 bits per heavy atom. The van der Waals surface area contributed by atoms with Gasteiger partial charge in [0.2, 0.25) is 0 Å². The summed E-state index contributed by atoms with van der Waals surface area (Å²) in [5.41, 5.74) is 0.848. The fourth-order valence-electron chi connectivity index (χ4n) is 3.32. The Kier molecular flexibility index (Phi) is 6.83. The van der Waals surface area contributed by atoms with Gasteiger partial charge >= 0.3 is 0 Å². The van der Waals surface area contributed by atoms with Gasteiger partial charge in [-0.1, -0.05) is 62.7 Å². The van der Waals surface area contributed by atoms with Gasteiger partial charge in [0, 0.05) is 7.11 Å². The number of hydrogen-bond acceptors (Lipinski definition) is 3. The molecule has 0 unspecified atom stereocenters. The van der Waals surface area contributed by atoms with Crippen molar-refractivity contribution >= 4 is 0 Å². The summed E-state index contributed by atoms with van der Waals surface area (Å²) in [5, 5.41) is 11.7. The molecule has 130 valence electrons. The Hall–Kier alpha value is -1.84. The van der Waals surface area contributed by atoms with Crippen molar-refractivity contribution in [3.8, 4) is 5.75 Å². The van der Waals surface area contributed by atoms with Gasteiger partial charge in [-0.3, -0.25) is 0 Å². The summed E-state index contributed by atoms with van der Waals surface area (Å²) in [6.45, 7) is 4.52. The first-order chi connectivity index (χ1) is 11.7. The highest BCUT2D eigenvalue weighted by Gasteiger charge is 2.38. The second kappa shape index (κ2) is 8.86. The lowest BCUT2D eigenvalue weighted by molar-refractivity contribution is 0.00965. The Morgan fingerprint density at radius 2 is 1.58 bits per heavy atom. The molecule has 24 heavy (non-hydrogen) atoms. The lowest BCUT2D eigenvalue weighted by atomic mass is 9.73. The molecule has 0 spiro atoms. The van der Waals surface area contributed by atoms with E-state index in [0.717, 1.165) is 36.1 Å². The van der Waals surface area contributed by atoms with Crippen LogP contribution in [0.25, 0.3) is 0 Å². The van der Waals surface area contributed by atoms with Crippen LogP contribution in [0.4, 0.5) is 0 Å². The highest BCUT2D eigenvalue weighted by Crippen LogP contribution is 2.41. The molecule has 2 rings (SSSR count). The van der Waals surface area contributed by atoms with Crippen LogP contribution < -0.4 is 4.74 Å². The van der Waals surface area contributed by atoms with Crippen molar-refractivity contribution in [2.75, 3.05) is 13.9 Å². The summed E-state index contributed by atoms with van der Waals surface area (Å²) >= 11 is 0. The van der Waals surface area contributed by atoms with Crippen molar-refractivity contribution in [3.63, 3.8) is 0 Å². The number of methoxy groups -OCH3 is 1. The van der Waals surface area contributed by atoms with E-state index in [4.69, 9.17) is 9.47 Å². The van der Waals surface area contributed by atoms with Crippen molar-refractivity contribution in [1.29, 1.82) is 0 Å². The molecule has 0 aliphatic heterocycles. The van der Waals surface area contributed by atoms with Gasteiger partial charge in [-0.25, -0.2) is 0 Å². The van der Waals surface area contributed by atoms with Crippen molar-refractivity contribution in [1.82, 2.24) is 0 Å². The second-order valence-corrected chi connectivity index (χ2v) is 6.10. The molecule has 0 saturated carbocycles. The van der Waals surface area contributed by atoms with Gasteiger partial charge in [0.15, 0.2) is 6.79 Å². The van der Waals surface area contributed by atoms with E-state index in [-0.39, 0.29) is 12.7 Å². The zero-order valence-corrected chi connectivity index (χ0v) is 14.9. The van der Waals surface area contributed by atoms with E-state index in [0.29, 0.717) is 0 Å². The third-order valence-electron chi connectivity index (χ3n) is 4.57. The average molecular weight is 328 g/mol. The van der Waals surface area contributed by atoms with Crippen LogP contribution in [-0.4, -0.2) is 19.0 Å². The largest absolute Gasteiger partial charge is 0.468 e. The monoisotopic (exact) mass is 328 g/mol. The van der Waals surface area contributed by atoms with Crippen molar-refractivity contribution < 1.29 is 14.6 Å². The van der Waals surface area contributed by atoms with Crippen LogP contribution in [0.15, 0.2) is 54.6 Å². The molecule has 0 saturated heterocycles. The van der Waals surface area contributed by atoms with Crippen LogP contribution in [0.2, 0.25) is 0 Å². The smallest absolute Gasteiger partial charge is 0.188 e. The Labute approximate surface area is 145 Å². The highest BCUT2D eigenvalue weighted by atomic mass is 16.7. The van der Waals surface area contributed by atoms with Gasteiger partial charge in [0.1, 0.15) is 11.4 Å². The van der Waals surface area contributed by atoms with E-state index < -0.39 is 5.60 Å². The normalized spacial score (nSPS) is 14.8. The topological polar surface area (TPSA) is 38.7 Å². The van der Waals surface area contributed by atoms with E-state index in [1.54, 1.807) is 7.11 Å². The fraction of sp³-hybridized carbons (Fsp3) is 0.429.